The molecule has 0 saturated heterocycles. The summed E-state index contributed by atoms with van der Waals surface area (Å²) in [6.07, 6.45) is -0.881. The van der Waals surface area contributed by atoms with Gasteiger partial charge in [-0.1, -0.05) is 12.1 Å². The van der Waals surface area contributed by atoms with Gasteiger partial charge >= 0.3 is 6.18 Å². The van der Waals surface area contributed by atoms with Crippen molar-refractivity contribution in [2.24, 2.45) is 0 Å². The molecular formula is C17H14F3N3O2. The topological polar surface area (TPSA) is 49.0 Å². The molecule has 0 spiro atoms. The van der Waals surface area contributed by atoms with E-state index in [-0.39, 0.29) is 12.2 Å². The quantitative estimate of drug-likeness (QED) is 0.727. The highest BCUT2D eigenvalue weighted by molar-refractivity contribution is 5.40. The lowest BCUT2D eigenvalue weighted by atomic mass is 10.2. The molecular weight excluding hydrogens is 335 g/mol. The zero-order chi connectivity index (χ0) is 18.0. The fraction of sp³-hybridized carbons (Fsp3) is 0.176. The van der Waals surface area contributed by atoms with Crippen molar-refractivity contribution >= 4 is 0 Å². The normalized spacial score (nSPS) is 11.5. The summed E-state index contributed by atoms with van der Waals surface area (Å²) in [5, 5.41) is 3.90. The van der Waals surface area contributed by atoms with Crippen LogP contribution in [0.5, 0.6) is 5.75 Å². The maximum absolute atomic E-state index is 13.4. The van der Waals surface area contributed by atoms with Crippen LogP contribution in [0, 0.1) is 0 Å². The molecule has 1 aromatic carbocycles. The van der Waals surface area contributed by atoms with Crippen molar-refractivity contribution in [2.45, 2.75) is 12.7 Å². The molecule has 2 aromatic heterocycles. The second kappa shape index (κ2) is 6.46. The highest BCUT2D eigenvalue weighted by atomic mass is 19.4. The first-order chi connectivity index (χ1) is 11.9. The fourth-order valence-corrected chi connectivity index (χ4v) is 2.45. The Morgan fingerprint density at radius 1 is 1.12 bits per heavy atom. The van der Waals surface area contributed by atoms with E-state index in [4.69, 9.17) is 4.74 Å². The molecule has 3 rings (SSSR count). The molecule has 8 heteroatoms. The van der Waals surface area contributed by atoms with Crippen LogP contribution < -0.4 is 10.3 Å². The van der Waals surface area contributed by atoms with Crippen LogP contribution in [-0.2, 0) is 12.7 Å². The van der Waals surface area contributed by atoms with Gasteiger partial charge in [0.2, 0.25) is 0 Å². The monoisotopic (exact) mass is 349 g/mol. The second-order valence-corrected chi connectivity index (χ2v) is 5.30. The zero-order valence-corrected chi connectivity index (χ0v) is 13.2. The number of rotatable bonds is 4. The van der Waals surface area contributed by atoms with Gasteiger partial charge in [0, 0.05) is 12.4 Å². The van der Waals surface area contributed by atoms with Gasteiger partial charge in [0.15, 0.2) is 0 Å². The minimum Gasteiger partial charge on any atom is -0.497 e. The highest BCUT2D eigenvalue weighted by Gasteiger charge is 2.38. The van der Waals surface area contributed by atoms with Crippen LogP contribution in [0.2, 0.25) is 0 Å². The SMILES string of the molecule is COc1ccc(Cn2ncc(-n3cccc3)c(C(F)(F)F)c2=O)cc1. The molecule has 0 radical (unpaired) electrons. The molecule has 0 bridgehead atoms. The minimum absolute atomic E-state index is 0.0716. The van der Waals surface area contributed by atoms with Crippen LogP contribution in [0.25, 0.3) is 5.69 Å². The van der Waals surface area contributed by atoms with Crippen molar-refractivity contribution in [2.75, 3.05) is 7.11 Å². The van der Waals surface area contributed by atoms with E-state index in [0.29, 0.717) is 11.3 Å². The van der Waals surface area contributed by atoms with Gasteiger partial charge in [-0.05, 0) is 29.8 Å². The van der Waals surface area contributed by atoms with Crippen molar-refractivity contribution in [1.29, 1.82) is 0 Å². The molecule has 5 nitrogen and oxygen atoms in total. The van der Waals surface area contributed by atoms with Crippen LogP contribution in [-0.4, -0.2) is 21.5 Å². The van der Waals surface area contributed by atoms with E-state index < -0.39 is 17.3 Å². The van der Waals surface area contributed by atoms with Gasteiger partial charge in [-0.25, -0.2) is 4.68 Å². The number of halogens is 3. The number of methoxy groups -OCH3 is 1. The van der Waals surface area contributed by atoms with Crippen molar-refractivity contribution in [3.05, 3.63) is 76.5 Å². The first-order valence-corrected chi connectivity index (χ1v) is 7.34. The van der Waals surface area contributed by atoms with E-state index in [0.717, 1.165) is 10.9 Å². The number of nitrogens with zero attached hydrogens (tertiary/aromatic N) is 3. The van der Waals surface area contributed by atoms with Gasteiger partial charge < -0.3 is 9.30 Å². The Labute approximate surface area is 140 Å². The molecule has 0 fully saturated rings. The molecule has 25 heavy (non-hydrogen) atoms. The molecule has 0 aliphatic rings. The van der Waals surface area contributed by atoms with E-state index in [1.807, 2.05) is 0 Å². The maximum atomic E-state index is 13.4. The van der Waals surface area contributed by atoms with E-state index in [2.05, 4.69) is 5.10 Å². The van der Waals surface area contributed by atoms with Gasteiger partial charge in [0.1, 0.15) is 11.3 Å². The number of alkyl halides is 3. The Morgan fingerprint density at radius 2 is 1.76 bits per heavy atom. The van der Waals surface area contributed by atoms with Crippen molar-refractivity contribution in [1.82, 2.24) is 14.3 Å². The Bertz CT molecular complexity index is 914. The largest absolute Gasteiger partial charge is 0.497 e. The predicted octanol–water partition coefficient (Wildman–Crippen LogP) is 3.11. The lowest BCUT2D eigenvalue weighted by Crippen LogP contribution is -2.32. The van der Waals surface area contributed by atoms with Gasteiger partial charge in [-0.15, -0.1) is 0 Å². The van der Waals surface area contributed by atoms with Gasteiger partial charge in [0.25, 0.3) is 5.56 Å². The van der Waals surface area contributed by atoms with Crippen LogP contribution in [0.4, 0.5) is 13.2 Å². The van der Waals surface area contributed by atoms with Gasteiger partial charge in [-0.2, -0.15) is 18.3 Å². The highest BCUT2D eigenvalue weighted by Crippen LogP contribution is 2.30. The third-order valence-electron chi connectivity index (χ3n) is 3.68. The molecule has 0 aliphatic heterocycles. The average Bonchev–Trinajstić information content (AvgIpc) is 3.10. The number of ether oxygens (including phenoxy) is 1. The summed E-state index contributed by atoms with van der Waals surface area (Å²) >= 11 is 0. The van der Waals surface area contributed by atoms with Crippen molar-refractivity contribution in [3.63, 3.8) is 0 Å². The van der Waals surface area contributed by atoms with Gasteiger partial charge in [-0.3, -0.25) is 4.79 Å². The molecule has 0 atom stereocenters. The van der Waals surface area contributed by atoms with E-state index in [1.54, 1.807) is 36.4 Å². The van der Waals surface area contributed by atoms with E-state index >= 15 is 0 Å². The van der Waals surface area contributed by atoms with Crippen LogP contribution >= 0.6 is 0 Å². The second-order valence-electron chi connectivity index (χ2n) is 5.30. The average molecular weight is 349 g/mol. The summed E-state index contributed by atoms with van der Waals surface area (Å²) in [4.78, 5) is 12.4. The van der Waals surface area contributed by atoms with Crippen molar-refractivity contribution in [3.8, 4) is 11.4 Å². The molecule has 0 saturated carbocycles. The first-order valence-electron chi connectivity index (χ1n) is 7.34. The molecule has 2 heterocycles. The van der Waals surface area contributed by atoms with E-state index in [1.165, 1.54) is 24.1 Å². The van der Waals surface area contributed by atoms with E-state index in [9.17, 15) is 18.0 Å². The zero-order valence-electron chi connectivity index (χ0n) is 13.2. The summed E-state index contributed by atoms with van der Waals surface area (Å²) in [5.41, 5.74) is -2.09. The molecule has 0 amide bonds. The Morgan fingerprint density at radius 3 is 2.32 bits per heavy atom. The maximum Gasteiger partial charge on any atom is 0.423 e. The fourth-order valence-electron chi connectivity index (χ4n) is 2.45. The van der Waals surface area contributed by atoms with Crippen LogP contribution in [0.15, 0.2) is 59.8 Å². The Balaban J connectivity index is 2.05. The smallest absolute Gasteiger partial charge is 0.423 e. The lowest BCUT2D eigenvalue weighted by Gasteiger charge is -2.15. The van der Waals surface area contributed by atoms with Gasteiger partial charge in [0.05, 0.1) is 25.5 Å². The third kappa shape index (κ3) is 3.42. The van der Waals surface area contributed by atoms with Crippen LogP contribution in [0.1, 0.15) is 11.1 Å². The summed E-state index contributed by atoms with van der Waals surface area (Å²) in [6.45, 7) is -0.0716. The number of aromatic nitrogens is 3. The Hall–Kier alpha value is -3.03. The standard InChI is InChI=1S/C17H14F3N3O2/c1-25-13-6-4-12(5-7-13)11-23-16(24)15(17(18,19)20)14(10-21-23)22-8-2-3-9-22/h2-10H,11H2,1H3. The first kappa shape index (κ1) is 16.8. The lowest BCUT2D eigenvalue weighted by molar-refractivity contribution is -0.139. The molecule has 0 aliphatic carbocycles. The number of hydrogen-bond acceptors (Lipinski definition) is 3. The minimum atomic E-state index is -4.79. The molecule has 3 aromatic rings. The number of hydrogen-bond donors (Lipinski definition) is 0. The van der Waals surface area contributed by atoms with Crippen LogP contribution in [0.3, 0.4) is 0 Å². The summed E-state index contributed by atoms with van der Waals surface area (Å²) in [6, 6.07) is 9.81. The summed E-state index contributed by atoms with van der Waals surface area (Å²) in [5.74, 6) is 0.614. The predicted molar refractivity (Wildman–Crippen MR) is 84.9 cm³/mol. The summed E-state index contributed by atoms with van der Waals surface area (Å²) in [7, 11) is 1.51. The number of benzene rings is 1. The summed E-state index contributed by atoms with van der Waals surface area (Å²) < 4.78 is 47.4. The molecule has 0 unspecified atom stereocenters. The van der Waals surface area contributed by atoms with Crippen molar-refractivity contribution < 1.29 is 17.9 Å². The third-order valence-corrected chi connectivity index (χ3v) is 3.68. The Kier molecular flexibility index (Phi) is 4.35. The molecule has 0 N–H and O–H groups in total. The molecule has 130 valence electrons.